The Kier molecular flexibility index (Phi) is 1.46. The maximum Gasteiger partial charge on any atom is 0.283 e. The Balaban J connectivity index is 2.51. The number of aryl methyl sites for hydroxylation is 1. The molecule has 0 N–H and O–H groups in total. The molecule has 0 amide bonds. The van der Waals surface area contributed by atoms with Crippen molar-refractivity contribution >= 4 is 23.1 Å². The molecule has 10 heavy (non-hydrogen) atoms. The normalized spacial score (nSPS) is 15.5. The van der Waals surface area contributed by atoms with Crippen LogP contribution in [0.1, 0.15) is 5.56 Å². The SMILES string of the molecule is ClB1CCc2ccccc21. The van der Waals surface area contributed by atoms with Gasteiger partial charge in [-0.25, -0.2) is 0 Å². The molecule has 0 aromatic heterocycles. The Labute approximate surface area is 66.2 Å². The second kappa shape index (κ2) is 2.32. The molecule has 1 aliphatic rings. The van der Waals surface area contributed by atoms with E-state index in [1.807, 2.05) is 0 Å². The van der Waals surface area contributed by atoms with Gasteiger partial charge in [0.2, 0.25) is 0 Å². The summed E-state index contributed by atoms with van der Waals surface area (Å²) in [5.41, 5.74) is 2.77. The largest absolute Gasteiger partial charge is 0.283 e. The lowest BCUT2D eigenvalue weighted by Crippen LogP contribution is -2.19. The van der Waals surface area contributed by atoms with Crippen molar-refractivity contribution in [1.82, 2.24) is 0 Å². The first-order valence-corrected chi connectivity index (χ1v) is 4.03. The zero-order chi connectivity index (χ0) is 6.97. The van der Waals surface area contributed by atoms with E-state index in [4.69, 9.17) is 11.5 Å². The zero-order valence-electron chi connectivity index (χ0n) is 5.68. The van der Waals surface area contributed by atoms with Crippen molar-refractivity contribution in [3.63, 3.8) is 0 Å². The quantitative estimate of drug-likeness (QED) is 0.494. The second-order valence-corrected chi connectivity index (χ2v) is 3.23. The Morgan fingerprint density at radius 3 is 2.90 bits per heavy atom. The molecular formula is C8H8BCl. The van der Waals surface area contributed by atoms with Gasteiger partial charge in [-0.05, 0) is 6.42 Å². The lowest BCUT2D eigenvalue weighted by Gasteiger charge is -1.96. The molecule has 0 unspecified atom stereocenters. The molecule has 0 spiro atoms. The van der Waals surface area contributed by atoms with E-state index < -0.39 is 0 Å². The molecule has 1 aromatic carbocycles. The third-order valence-corrected chi connectivity index (χ3v) is 2.51. The van der Waals surface area contributed by atoms with Gasteiger partial charge in [-0.15, -0.1) is 0 Å². The van der Waals surface area contributed by atoms with Crippen molar-refractivity contribution in [3.8, 4) is 0 Å². The average Bonchev–Trinajstić information content (AvgIpc) is 2.34. The minimum Gasteiger partial charge on any atom is -0.189 e. The Morgan fingerprint density at radius 1 is 1.30 bits per heavy atom. The summed E-state index contributed by atoms with van der Waals surface area (Å²) in [6.45, 7) is 0. The molecule has 1 aromatic rings. The maximum atomic E-state index is 6.04. The highest BCUT2D eigenvalue weighted by molar-refractivity contribution is 7.15. The summed E-state index contributed by atoms with van der Waals surface area (Å²) in [7, 11) is 0. The van der Waals surface area contributed by atoms with Gasteiger partial charge in [-0.2, -0.15) is 11.5 Å². The summed E-state index contributed by atoms with van der Waals surface area (Å²) in [6.07, 6.45) is 2.54. The minimum atomic E-state index is 0.274. The van der Waals surface area contributed by atoms with Crippen LogP contribution in [-0.4, -0.2) is 6.13 Å². The van der Waals surface area contributed by atoms with Crippen molar-refractivity contribution in [2.75, 3.05) is 0 Å². The van der Waals surface area contributed by atoms with Gasteiger partial charge >= 0.3 is 0 Å². The topological polar surface area (TPSA) is 0 Å². The third kappa shape index (κ3) is 0.855. The molecule has 2 rings (SSSR count). The molecular weight excluding hydrogens is 142 g/mol. The van der Waals surface area contributed by atoms with Crippen LogP contribution in [0.15, 0.2) is 24.3 Å². The lowest BCUT2D eigenvalue weighted by molar-refractivity contribution is 1.17. The van der Waals surface area contributed by atoms with Crippen molar-refractivity contribution in [1.29, 1.82) is 0 Å². The molecule has 0 atom stereocenters. The number of halogens is 1. The van der Waals surface area contributed by atoms with Crippen LogP contribution in [0.5, 0.6) is 0 Å². The van der Waals surface area contributed by atoms with Crippen LogP contribution in [0, 0.1) is 0 Å². The van der Waals surface area contributed by atoms with E-state index in [1.54, 1.807) is 0 Å². The molecule has 0 saturated heterocycles. The van der Waals surface area contributed by atoms with Gasteiger partial charge < -0.3 is 0 Å². The summed E-state index contributed by atoms with van der Waals surface area (Å²) < 4.78 is 0. The first-order valence-electron chi connectivity index (χ1n) is 3.60. The predicted molar refractivity (Wildman–Crippen MR) is 46.2 cm³/mol. The number of hydrogen-bond donors (Lipinski definition) is 0. The lowest BCUT2D eigenvalue weighted by atomic mass is 9.70. The molecule has 0 bridgehead atoms. The highest BCUT2D eigenvalue weighted by Crippen LogP contribution is 2.15. The van der Waals surface area contributed by atoms with Crippen molar-refractivity contribution < 1.29 is 0 Å². The van der Waals surface area contributed by atoms with Crippen LogP contribution in [0.25, 0.3) is 0 Å². The standard InChI is InChI=1S/C8H8BCl/c10-9-6-5-7-3-1-2-4-8(7)9/h1-4H,5-6H2. The molecule has 0 radical (unpaired) electrons. The number of hydrogen-bond acceptors (Lipinski definition) is 0. The summed E-state index contributed by atoms with van der Waals surface area (Å²) in [6, 6.07) is 8.42. The predicted octanol–water partition coefficient (Wildman–Crippen LogP) is 1.68. The highest BCUT2D eigenvalue weighted by Gasteiger charge is 2.22. The highest BCUT2D eigenvalue weighted by atomic mass is 35.5. The van der Waals surface area contributed by atoms with Crippen molar-refractivity contribution in [2.24, 2.45) is 0 Å². The molecule has 50 valence electrons. The van der Waals surface area contributed by atoms with Gasteiger partial charge in [0.25, 0.3) is 6.13 Å². The molecule has 2 heteroatoms. The summed E-state index contributed by atoms with van der Waals surface area (Å²) in [5, 5.41) is 0. The van der Waals surface area contributed by atoms with Crippen LogP contribution < -0.4 is 5.46 Å². The van der Waals surface area contributed by atoms with E-state index in [0.717, 1.165) is 12.7 Å². The van der Waals surface area contributed by atoms with E-state index in [-0.39, 0.29) is 6.13 Å². The minimum absolute atomic E-state index is 0.274. The Hall–Kier alpha value is -0.425. The number of rotatable bonds is 0. The molecule has 0 fully saturated rings. The molecule has 1 heterocycles. The van der Waals surface area contributed by atoms with Gasteiger partial charge in [0.05, 0.1) is 0 Å². The number of benzene rings is 1. The summed E-state index contributed by atoms with van der Waals surface area (Å²) >= 11 is 6.04. The maximum absolute atomic E-state index is 6.04. The van der Waals surface area contributed by atoms with Gasteiger partial charge in [0.1, 0.15) is 0 Å². The first kappa shape index (κ1) is 6.30. The zero-order valence-corrected chi connectivity index (χ0v) is 6.43. The first-order chi connectivity index (χ1) is 4.88. The van der Waals surface area contributed by atoms with Crippen molar-refractivity contribution in [2.45, 2.75) is 12.7 Å². The Morgan fingerprint density at radius 2 is 2.10 bits per heavy atom. The summed E-state index contributed by atoms with van der Waals surface area (Å²) in [5.74, 6) is 0. The van der Waals surface area contributed by atoms with Crippen LogP contribution in [-0.2, 0) is 6.42 Å². The van der Waals surface area contributed by atoms with E-state index in [1.165, 1.54) is 11.0 Å². The van der Waals surface area contributed by atoms with E-state index in [9.17, 15) is 0 Å². The van der Waals surface area contributed by atoms with Gasteiger partial charge in [0, 0.05) is 0 Å². The second-order valence-electron chi connectivity index (χ2n) is 2.71. The Bertz CT molecular complexity index is 247. The monoisotopic (exact) mass is 150 g/mol. The van der Waals surface area contributed by atoms with E-state index >= 15 is 0 Å². The van der Waals surface area contributed by atoms with Crippen LogP contribution in [0.3, 0.4) is 0 Å². The van der Waals surface area contributed by atoms with Gasteiger partial charge in [-0.3, -0.25) is 0 Å². The molecule has 0 saturated carbocycles. The fourth-order valence-corrected chi connectivity index (χ4v) is 1.83. The average molecular weight is 150 g/mol. The third-order valence-electron chi connectivity index (χ3n) is 2.06. The van der Waals surface area contributed by atoms with Crippen LogP contribution in [0.4, 0.5) is 0 Å². The van der Waals surface area contributed by atoms with Crippen molar-refractivity contribution in [3.05, 3.63) is 29.8 Å². The smallest absolute Gasteiger partial charge is 0.189 e. The fourth-order valence-electron chi connectivity index (χ4n) is 1.51. The van der Waals surface area contributed by atoms with Gasteiger partial charge in [0.15, 0.2) is 0 Å². The van der Waals surface area contributed by atoms with Crippen LogP contribution >= 0.6 is 11.5 Å². The summed E-state index contributed by atoms with van der Waals surface area (Å²) in [4.78, 5) is 0. The van der Waals surface area contributed by atoms with Crippen LogP contribution in [0.2, 0.25) is 6.32 Å². The van der Waals surface area contributed by atoms with E-state index in [2.05, 4.69) is 24.3 Å². The number of fused-ring (bicyclic) bond motifs is 1. The van der Waals surface area contributed by atoms with E-state index in [0.29, 0.717) is 0 Å². The molecule has 0 aliphatic carbocycles. The van der Waals surface area contributed by atoms with Gasteiger partial charge in [-0.1, -0.05) is 41.6 Å². The fraction of sp³-hybridized carbons (Fsp3) is 0.250. The molecule has 0 nitrogen and oxygen atoms in total. The molecule has 1 aliphatic heterocycles.